The summed E-state index contributed by atoms with van der Waals surface area (Å²) in [6.07, 6.45) is 3.52. The smallest absolute Gasteiger partial charge is 0.271 e. The van der Waals surface area contributed by atoms with Crippen LogP contribution in [0.5, 0.6) is 11.5 Å². The van der Waals surface area contributed by atoms with Gasteiger partial charge in [-0.25, -0.2) is 5.43 Å². The Balaban J connectivity index is 1.85. The lowest BCUT2D eigenvalue weighted by atomic mass is 10.2. The van der Waals surface area contributed by atoms with Crippen LogP contribution >= 0.6 is 0 Å². The fraction of sp³-hybridized carbons (Fsp3) is 0.300. The van der Waals surface area contributed by atoms with E-state index in [4.69, 9.17) is 9.47 Å². The highest BCUT2D eigenvalue weighted by molar-refractivity contribution is 5.95. The predicted molar refractivity (Wildman–Crippen MR) is 99.5 cm³/mol. The zero-order valence-corrected chi connectivity index (χ0v) is 14.7. The molecule has 0 bridgehead atoms. The molecule has 0 radical (unpaired) electrons. The van der Waals surface area contributed by atoms with Crippen LogP contribution in [-0.4, -0.2) is 25.3 Å². The van der Waals surface area contributed by atoms with Gasteiger partial charge in [-0.05, 0) is 66.9 Å². The Hall–Kier alpha value is -2.82. The first-order valence-corrected chi connectivity index (χ1v) is 8.52. The Labute approximate surface area is 148 Å². The number of amides is 1. The molecular formula is C20H24N2O3. The lowest BCUT2D eigenvalue weighted by Gasteiger charge is -2.05. The van der Waals surface area contributed by atoms with Crippen LogP contribution in [0.25, 0.3) is 0 Å². The fourth-order valence-electron chi connectivity index (χ4n) is 2.02. The van der Waals surface area contributed by atoms with Gasteiger partial charge in [-0.15, -0.1) is 0 Å². The van der Waals surface area contributed by atoms with Crippen molar-refractivity contribution >= 4 is 12.1 Å². The zero-order chi connectivity index (χ0) is 17.9. The van der Waals surface area contributed by atoms with Crippen LogP contribution in [0.15, 0.2) is 53.6 Å². The standard InChI is InChI=1S/C20H24N2O3/c1-3-13-24-18-9-5-16(6-10-18)15-21-22-20(23)17-7-11-19(12-8-17)25-14-4-2/h5-12,15H,3-4,13-14H2,1-2H3,(H,22,23)/b21-15-. The number of benzene rings is 2. The first kappa shape index (κ1) is 18.5. The summed E-state index contributed by atoms with van der Waals surface area (Å²) in [5.41, 5.74) is 3.93. The highest BCUT2D eigenvalue weighted by Crippen LogP contribution is 2.13. The quantitative estimate of drug-likeness (QED) is 0.554. The summed E-state index contributed by atoms with van der Waals surface area (Å²) < 4.78 is 11.0. The minimum Gasteiger partial charge on any atom is -0.494 e. The van der Waals surface area contributed by atoms with E-state index < -0.39 is 0 Å². The number of nitrogens with one attached hydrogen (secondary N) is 1. The van der Waals surface area contributed by atoms with Crippen LogP contribution in [-0.2, 0) is 0 Å². The molecule has 1 amide bonds. The summed E-state index contributed by atoms with van der Waals surface area (Å²) in [5, 5.41) is 3.99. The summed E-state index contributed by atoms with van der Waals surface area (Å²) >= 11 is 0. The Morgan fingerprint density at radius 3 is 1.96 bits per heavy atom. The summed E-state index contributed by atoms with van der Waals surface area (Å²) in [5.74, 6) is 1.32. The van der Waals surface area contributed by atoms with E-state index in [-0.39, 0.29) is 5.91 Å². The van der Waals surface area contributed by atoms with Gasteiger partial charge >= 0.3 is 0 Å². The molecule has 0 saturated carbocycles. The maximum Gasteiger partial charge on any atom is 0.271 e. The molecule has 0 spiro atoms. The highest BCUT2D eigenvalue weighted by atomic mass is 16.5. The number of ether oxygens (including phenoxy) is 2. The van der Waals surface area contributed by atoms with Crippen molar-refractivity contribution in [3.63, 3.8) is 0 Å². The van der Waals surface area contributed by atoms with Gasteiger partial charge in [0.2, 0.25) is 0 Å². The van der Waals surface area contributed by atoms with E-state index >= 15 is 0 Å². The second-order valence-corrected chi connectivity index (χ2v) is 5.49. The average Bonchev–Trinajstić information content (AvgIpc) is 2.66. The van der Waals surface area contributed by atoms with Crippen LogP contribution < -0.4 is 14.9 Å². The summed E-state index contributed by atoms with van der Waals surface area (Å²) in [6, 6.07) is 14.5. The maximum atomic E-state index is 12.0. The lowest BCUT2D eigenvalue weighted by Crippen LogP contribution is -2.17. The summed E-state index contributed by atoms with van der Waals surface area (Å²) in [7, 11) is 0. The monoisotopic (exact) mass is 340 g/mol. The third kappa shape index (κ3) is 6.30. The molecule has 132 valence electrons. The van der Waals surface area contributed by atoms with Crippen LogP contribution in [0.2, 0.25) is 0 Å². The number of rotatable bonds is 9. The molecule has 2 rings (SSSR count). The van der Waals surface area contributed by atoms with Crippen molar-refractivity contribution in [2.45, 2.75) is 26.7 Å². The van der Waals surface area contributed by atoms with Crippen LogP contribution in [0.4, 0.5) is 0 Å². The minimum atomic E-state index is -0.263. The second-order valence-electron chi connectivity index (χ2n) is 5.49. The normalized spacial score (nSPS) is 10.6. The van der Waals surface area contributed by atoms with Crippen molar-refractivity contribution < 1.29 is 14.3 Å². The Bertz CT molecular complexity index is 679. The molecule has 1 N–H and O–H groups in total. The molecule has 0 aromatic heterocycles. The molecule has 2 aromatic rings. The average molecular weight is 340 g/mol. The van der Waals surface area contributed by atoms with E-state index in [2.05, 4.69) is 17.5 Å². The first-order chi connectivity index (χ1) is 12.2. The number of hydrogen-bond donors (Lipinski definition) is 1. The molecule has 5 heteroatoms. The Kier molecular flexibility index (Phi) is 7.50. The molecule has 0 aliphatic rings. The van der Waals surface area contributed by atoms with E-state index in [0.29, 0.717) is 18.8 Å². The second kappa shape index (κ2) is 10.1. The number of hydrogen-bond acceptors (Lipinski definition) is 4. The van der Waals surface area contributed by atoms with Gasteiger partial charge in [-0.2, -0.15) is 5.10 Å². The molecular weight excluding hydrogens is 316 g/mol. The SMILES string of the molecule is CCCOc1ccc(/C=N\NC(=O)c2ccc(OCCC)cc2)cc1. The number of carbonyl (C=O) groups excluding carboxylic acids is 1. The summed E-state index contributed by atoms with van der Waals surface area (Å²) in [4.78, 5) is 12.0. The van der Waals surface area contributed by atoms with Crippen LogP contribution in [0, 0.1) is 0 Å². The summed E-state index contributed by atoms with van der Waals surface area (Å²) in [6.45, 7) is 5.48. The van der Waals surface area contributed by atoms with Crippen molar-refractivity contribution in [3.8, 4) is 11.5 Å². The van der Waals surface area contributed by atoms with E-state index in [1.54, 1.807) is 30.5 Å². The zero-order valence-electron chi connectivity index (χ0n) is 14.7. The van der Waals surface area contributed by atoms with Crippen LogP contribution in [0.3, 0.4) is 0 Å². The van der Waals surface area contributed by atoms with E-state index in [9.17, 15) is 4.79 Å². The minimum absolute atomic E-state index is 0.263. The molecule has 0 aliphatic heterocycles. The number of carbonyl (C=O) groups is 1. The fourth-order valence-corrected chi connectivity index (χ4v) is 2.02. The molecule has 5 nitrogen and oxygen atoms in total. The van der Waals surface area contributed by atoms with Gasteiger partial charge in [0.1, 0.15) is 11.5 Å². The maximum absolute atomic E-state index is 12.0. The van der Waals surface area contributed by atoms with Gasteiger partial charge in [-0.1, -0.05) is 13.8 Å². The topological polar surface area (TPSA) is 59.9 Å². The highest BCUT2D eigenvalue weighted by Gasteiger charge is 2.04. The van der Waals surface area contributed by atoms with Gasteiger partial charge in [0.15, 0.2) is 0 Å². The Morgan fingerprint density at radius 2 is 1.44 bits per heavy atom. The third-order valence-electron chi connectivity index (χ3n) is 3.32. The molecule has 0 saturated heterocycles. The van der Waals surface area contributed by atoms with Crippen LogP contribution in [0.1, 0.15) is 42.6 Å². The van der Waals surface area contributed by atoms with Crippen molar-refractivity contribution in [1.29, 1.82) is 0 Å². The Morgan fingerprint density at radius 1 is 0.920 bits per heavy atom. The molecule has 0 heterocycles. The van der Waals surface area contributed by atoms with Gasteiger partial charge < -0.3 is 9.47 Å². The van der Waals surface area contributed by atoms with Gasteiger partial charge in [-0.3, -0.25) is 4.79 Å². The predicted octanol–water partition coefficient (Wildman–Crippen LogP) is 4.03. The van der Waals surface area contributed by atoms with Gasteiger partial charge in [0, 0.05) is 5.56 Å². The molecule has 25 heavy (non-hydrogen) atoms. The van der Waals surface area contributed by atoms with E-state index in [1.807, 2.05) is 31.2 Å². The van der Waals surface area contributed by atoms with E-state index in [1.165, 1.54) is 0 Å². The van der Waals surface area contributed by atoms with Crippen molar-refractivity contribution in [3.05, 3.63) is 59.7 Å². The lowest BCUT2D eigenvalue weighted by molar-refractivity contribution is 0.0955. The van der Waals surface area contributed by atoms with Crippen molar-refractivity contribution in [1.82, 2.24) is 5.43 Å². The molecule has 0 atom stereocenters. The molecule has 0 aliphatic carbocycles. The van der Waals surface area contributed by atoms with Crippen molar-refractivity contribution in [2.75, 3.05) is 13.2 Å². The first-order valence-electron chi connectivity index (χ1n) is 8.52. The number of hydrazone groups is 1. The molecule has 0 unspecified atom stereocenters. The third-order valence-corrected chi connectivity index (χ3v) is 3.32. The largest absolute Gasteiger partial charge is 0.494 e. The number of nitrogens with zero attached hydrogens (tertiary/aromatic N) is 1. The van der Waals surface area contributed by atoms with E-state index in [0.717, 1.165) is 29.9 Å². The molecule has 2 aromatic carbocycles. The van der Waals surface area contributed by atoms with Gasteiger partial charge in [0.25, 0.3) is 5.91 Å². The van der Waals surface area contributed by atoms with Crippen molar-refractivity contribution in [2.24, 2.45) is 5.10 Å². The molecule has 0 fully saturated rings. The van der Waals surface area contributed by atoms with Gasteiger partial charge in [0.05, 0.1) is 19.4 Å².